The summed E-state index contributed by atoms with van der Waals surface area (Å²) < 4.78 is 18.1. The van der Waals surface area contributed by atoms with Crippen molar-refractivity contribution in [1.82, 2.24) is 0 Å². The Hall–Kier alpha value is -2.86. The molecule has 1 atom stereocenters. The van der Waals surface area contributed by atoms with Crippen LogP contribution >= 0.6 is 11.8 Å². The molecule has 35 heavy (non-hydrogen) atoms. The van der Waals surface area contributed by atoms with Gasteiger partial charge in [-0.25, -0.2) is 0 Å². The van der Waals surface area contributed by atoms with Crippen molar-refractivity contribution in [3.63, 3.8) is 0 Å². The number of benzene rings is 3. The molecule has 0 saturated heterocycles. The molecule has 0 amide bonds. The number of methoxy groups -OCH3 is 1. The lowest BCUT2D eigenvalue weighted by Gasteiger charge is -2.37. The molecular formula is C30H34O4S. The summed E-state index contributed by atoms with van der Waals surface area (Å²) in [6, 6.07) is 28.4. The molecule has 0 spiro atoms. The van der Waals surface area contributed by atoms with Crippen molar-refractivity contribution in [1.29, 1.82) is 0 Å². The number of hydrogen-bond acceptors (Lipinski definition) is 5. The molecule has 0 aromatic heterocycles. The van der Waals surface area contributed by atoms with Crippen LogP contribution in [0.25, 0.3) is 0 Å². The second-order valence-electron chi connectivity index (χ2n) is 8.10. The molecule has 0 N–H and O–H groups in total. The Kier molecular flexibility index (Phi) is 10.6. The van der Waals surface area contributed by atoms with Crippen LogP contribution in [0.2, 0.25) is 0 Å². The highest BCUT2D eigenvalue weighted by Crippen LogP contribution is 2.41. The summed E-state index contributed by atoms with van der Waals surface area (Å²) in [6.45, 7) is 4.94. The van der Waals surface area contributed by atoms with Crippen LogP contribution in [0.4, 0.5) is 0 Å². The summed E-state index contributed by atoms with van der Waals surface area (Å²) >= 11 is 1.26. The highest BCUT2D eigenvalue weighted by Gasteiger charge is 2.38. The molecule has 0 bridgehead atoms. The maximum atomic E-state index is 12.0. The summed E-state index contributed by atoms with van der Waals surface area (Å²) in [5, 5.41) is -0.103. The number of thioether (sulfide) groups is 1. The monoisotopic (exact) mass is 490 g/mol. The third-order valence-electron chi connectivity index (χ3n) is 5.60. The number of hydrogen-bond donors (Lipinski definition) is 0. The topological polar surface area (TPSA) is 44.8 Å². The zero-order valence-corrected chi connectivity index (χ0v) is 21.5. The molecule has 3 aromatic rings. The minimum absolute atomic E-state index is 0.0424. The van der Waals surface area contributed by atoms with Crippen molar-refractivity contribution in [3.05, 3.63) is 114 Å². The molecular weight excluding hydrogens is 456 g/mol. The first-order valence-electron chi connectivity index (χ1n) is 11.9. The number of allylic oxidation sites excluding steroid dienone is 1. The minimum Gasteiger partial charge on any atom is -0.497 e. The largest absolute Gasteiger partial charge is 0.497 e. The molecule has 3 aromatic carbocycles. The van der Waals surface area contributed by atoms with E-state index in [0.717, 1.165) is 28.9 Å². The van der Waals surface area contributed by atoms with Gasteiger partial charge in [-0.1, -0.05) is 104 Å². The van der Waals surface area contributed by atoms with Crippen molar-refractivity contribution in [2.75, 3.05) is 26.9 Å². The third-order valence-corrected chi connectivity index (χ3v) is 6.53. The number of carbonyl (C=O) groups excluding carboxylic acids is 1. The predicted molar refractivity (Wildman–Crippen MR) is 144 cm³/mol. The van der Waals surface area contributed by atoms with Crippen LogP contribution in [0.1, 0.15) is 37.0 Å². The molecule has 184 valence electrons. The standard InChI is InChI=1S/C30H34O4S/c1-4-5-12-21-33-22-29(35-24(2)31)23-34-30(25-13-8-6-9-14-25,26-15-10-7-11-16-26)27-17-19-28(32-3)20-18-27/h5-20,29H,4,21-23H2,1-3H3/b12-5-/t29-/m1/s1. The summed E-state index contributed by atoms with van der Waals surface area (Å²) in [6.07, 6.45) is 5.05. The fourth-order valence-electron chi connectivity index (χ4n) is 3.99. The first-order valence-corrected chi connectivity index (χ1v) is 12.8. The third kappa shape index (κ3) is 7.31. The van der Waals surface area contributed by atoms with Crippen LogP contribution in [0.15, 0.2) is 97.1 Å². The van der Waals surface area contributed by atoms with Gasteiger partial charge in [-0.3, -0.25) is 4.79 Å². The van der Waals surface area contributed by atoms with Crippen LogP contribution in [-0.2, 0) is 19.9 Å². The molecule has 4 nitrogen and oxygen atoms in total. The van der Waals surface area contributed by atoms with Gasteiger partial charge in [0.15, 0.2) is 5.12 Å². The van der Waals surface area contributed by atoms with Gasteiger partial charge in [0.25, 0.3) is 0 Å². The van der Waals surface area contributed by atoms with Gasteiger partial charge in [0, 0.05) is 6.92 Å². The average Bonchev–Trinajstić information content (AvgIpc) is 2.90. The van der Waals surface area contributed by atoms with Gasteiger partial charge >= 0.3 is 0 Å². The van der Waals surface area contributed by atoms with Crippen molar-refractivity contribution in [2.45, 2.75) is 31.1 Å². The molecule has 0 unspecified atom stereocenters. The van der Waals surface area contributed by atoms with Gasteiger partial charge in [-0.05, 0) is 35.2 Å². The predicted octanol–water partition coefficient (Wildman–Crippen LogP) is 6.63. The SMILES string of the molecule is CC/C=C\COC[C@H](COC(c1ccccc1)(c1ccccc1)c1ccc(OC)cc1)SC(C)=O. The first-order chi connectivity index (χ1) is 17.1. The highest BCUT2D eigenvalue weighted by atomic mass is 32.2. The van der Waals surface area contributed by atoms with Crippen molar-refractivity contribution < 1.29 is 19.0 Å². The lowest BCUT2D eigenvalue weighted by atomic mass is 9.80. The Labute approximate surface area is 213 Å². The quantitative estimate of drug-likeness (QED) is 0.153. The van der Waals surface area contributed by atoms with Crippen LogP contribution in [0.5, 0.6) is 5.75 Å². The van der Waals surface area contributed by atoms with E-state index in [-0.39, 0.29) is 10.4 Å². The second-order valence-corrected chi connectivity index (χ2v) is 9.58. The summed E-state index contributed by atoms with van der Waals surface area (Å²) in [5.41, 5.74) is 2.13. The molecule has 0 aliphatic heterocycles. The fraction of sp³-hybridized carbons (Fsp3) is 0.300. The summed E-state index contributed by atoms with van der Waals surface area (Å²) in [4.78, 5) is 12.0. The van der Waals surface area contributed by atoms with Crippen molar-refractivity contribution in [3.8, 4) is 5.75 Å². The van der Waals surface area contributed by atoms with Gasteiger partial charge in [0.2, 0.25) is 0 Å². The molecule has 3 rings (SSSR count). The Morgan fingerprint density at radius 3 is 1.94 bits per heavy atom. The fourth-order valence-corrected chi connectivity index (χ4v) is 4.76. The van der Waals surface area contributed by atoms with Crippen LogP contribution in [-0.4, -0.2) is 37.3 Å². The van der Waals surface area contributed by atoms with E-state index in [1.54, 1.807) is 14.0 Å². The zero-order chi connectivity index (χ0) is 24.9. The van der Waals surface area contributed by atoms with Gasteiger partial charge in [0.1, 0.15) is 11.4 Å². The Morgan fingerprint density at radius 1 is 0.857 bits per heavy atom. The van der Waals surface area contributed by atoms with E-state index in [2.05, 4.69) is 37.3 Å². The lowest BCUT2D eigenvalue weighted by Crippen LogP contribution is -2.36. The maximum absolute atomic E-state index is 12.0. The van der Waals surface area contributed by atoms with E-state index in [4.69, 9.17) is 14.2 Å². The second kappa shape index (κ2) is 13.9. The number of ether oxygens (including phenoxy) is 3. The molecule has 5 heteroatoms. The van der Waals surface area contributed by atoms with E-state index >= 15 is 0 Å². The Morgan fingerprint density at radius 2 is 1.43 bits per heavy atom. The highest BCUT2D eigenvalue weighted by molar-refractivity contribution is 8.14. The van der Waals surface area contributed by atoms with Crippen LogP contribution in [0, 0.1) is 0 Å². The Balaban J connectivity index is 2.00. The Bertz CT molecular complexity index is 1010. The van der Waals surface area contributed by atoms with Gasteiger partial charge in [-0.15, -0.1) is 0 Å². The minimum atomic E-state index is -0.869. The van der Waals surface area contributed by atoms with E-state index in [1.165, 1.54) is 11.8 Å². The molecule has 0 saturated carbocycles. The molecule has 0 radical (unpaired) electrons. The van der Waals surface area contributed by atoms with Gasteiger partial charge in [0.05, 0.1) is 32.2 Å². The molecule has 0 aliphatic carbocycles. The van der Waals surface area contributed by atoms with Crippen LogP contribution < -0.4 is 4.74 Å². The molecule has 0 aliphatic rings. The molecule has 0 heterocycles. The van der Waals surface area contributed by atoms with E-state index in [9.17, 15) is 4.79 Å². The number of rotatable bonds is 13. The number of carbonyl (C=O) groups is 1. The van der Waals surface area contributed by atoms with Gasteiger partial charge < -0.3 is 14.2 Å². The van der Waals surface area contributed by atoms with Gasteiger partial charge in [-0.2, -0.15) is 0 Å². The van der Waals surface area contributed by atoms with E-state index in [0.29, 0.717) is 19.8 Å². The first kappa shape index (κ1) is 26.7. The summed E-state index contributed by atoms with van der Waals surface area (Å²) in [7, 11) is 1.66. The van der Waals surface area contributed by atoms with E-state index < -0.39 is 5.60 Å². The summed E-state index contributed by atoms with van der Waals surface area (Å²) in [5.74, 6) is 0.780. The van der Waals surface area contributed by atoms with Crippen LogP contribution in [0.3, 0.4) is 0 Å². The van der Waals surface area contributed by atoms with Crippen molar-refractivity contribution >= 4 is 16.9 Å². The van der Waals surface area contributed by atoms with Crippen molar-refractivity contribution in [2.24, 2.45) is 0 Å². The lowest BCUT2D eigenvalue weighted by molar-refractivity contribution is -0.109. The maximum Gasteiger partial charge on any atom is 0.186 e. The smallest absolute Gasteiger partial charge is 0.186 e. The molecule has 0 fully saturated rings. The zero-order valence-electron chi connectivity index (χ0n) is 20.7. The normalized spacial score (nSPS) is 12.5. The average molecular weight is 491 g/mol. The van der Waals surface area contributed by atoms with E-state index in [1.807, 2.05) is 66.7 Å².